The molecular weight excluding hydrogens is 348 g/mol. The maximum atomic E-state index is 12.5. The smallest absolute Gasteiger partial charge is 0.264 e. The number of carbonyl (C=O) groups is 3. The topological polar surface area (TPSA) is 57.7 Å². The van der Waals surface area contributed by atoms with Gasteiger partial charge in [0.1, 0.15) is 0 Å². The van der Waals surface area contributed by atoms with Gasteiger partial charge in [-0.2, -0.15) is 0 Å². The highest BCUT2D eigenvalue weighted by Crippen LogP contribution is 2.22. The molecule has 1 aromatic heterocycles. The average Bonchev–Trinajstić information content (AvgIpc) is 3.22. The molecule has 0 bridgehead atoms. The summed E-state index contributed by atoms with van der Waals surface area (Å²) >= 11 is 1.37. The number of hydrogen-bond donors (Lipinski definition) is 0. The zero-order valence-electron chi connectivity index (χ0n) is 14.8. The Hall–Kier alpha value is -2.47. The first kappa shape index (κ1) is 18.3. The fraction of sp³-hybridized carbons (Fsp3) is 0.350. The van der Waals surface area contributed by atoms with Gasteiger partial charge in [-0.1, -0.05) is 36.4 Å². The van der Waals surface area contributed by atoms with Crippen LogP contribution in [0.3, 0.4) is 0 Å². The molecule has 1 fully saturated rings. The lowest BCUT2D eigenvalue weighted by Gasteiger charge is -2.32. The van der Waals surface area contributed by atoms with Crippen molar-refractivity contribution in [2.75, 3.05) is 26.7 Å². The monoisotopic (exact) mass is 370 g/mol. The van der Waals surface area contributed by atoms with E-state index >= 15 is 0 Å². The molecule has 5 nitrogen and oxygen atoms in total. The first-order valence-electron chi connectivity index (χ1n) is 8.72. The number of likely N-dealkylation sites (N-methyl/N-ethyl adjacent to an activating group) is 1. The Bertz CT molecular complexity index is 766. The number of benzene rings is 1. The van der Waals surface area contributed by atoms with E-state index in [-0.39, 0.29) is 30.1 Å². The van der Waals surface area contributed by atoms with Crippen LogP contribution in [0, 0.1) is 5.92 Å². The Kier molecular flexibility index (Phi) is 5.83. The molecule has 3 rings (SSSR count). The summed E-state index contributed by atoms with van der Waals surface area (Å²) < 4.78 is 0. The first-order valence-corrected chi connectivity index (χ1v) is 9.60. The minimum absolute atomic E-state index is 0.0352. The molecule has 6 heteroatoms. The zero-order chi connectivity index (χ0) is 18.5. The zero-order valence-corrected chi connectivity index (χ0v) is 15.6. The quantitative estimate of drug-likeness (QED) is 0.761. The minimum Gasteiger partial charge on any atom is -0.341 e. The average molecular weight is 370 g/mol. The number of ketones is 1. The highest BCUT2D eigenvalue weighted by Gasteiger charge is 2.28. The lowest BCUT2D eigenvalue weighted by Crippen LogP contribution is -2.45. The number of amides is 2. The minimum atomic E-state index is -0.137. The van der Waals surface area contributed by atoms with Gasteiger partial charge in [-0.05, 0) is 24.3 Å². The van der Waals surface area contributed by atoms with Gasteiger partial charge in [-0.25, -0.2) is 0 Å². The second-order valence-corrected chi connectivity index (χ2v) is 7.47. The third-order valence-corrected chi connectivity index (χ3v) is 5.59. The molecule has 0 atom stereocenters. The van der Waals surface area contributed by atoms with Crippen molar-refractivity contribution in [3.63, 3.8) is 0 Å². The van der Waals surface area contributed by atoms with E-state index in [1.165, 1.54) is 16.2 Å². The van der Waals surface area contributed by atoms with Crippen LogP contribution in [-0.4, -0.2) is 54.1 Å². The van der Waals surface area contributed by atoms with E-state index in [0.717, 1.165) is 5.56 Å². The Morgan fingerprint density at radius 3 is 2.38 bits per heavy atom. The van der Waals surface area contributed by atoms with Crippen molar-refractivity contribution in [2.45, 2.75) is 12.8 Å². The van der Waals surface area contributed by atoms with Crippen molar-refractivity contribution >= 4 is 28.9 Å². The maximum Gasteiger partial charge on any atom is 0.264 e. The van der Waals surface area contributed by atoms with Gasteiger partial charge in [0.05, 0.1) is 11.4 Å². The van der Waals surface area contributed by atoms with E-state index in [4.69, 9.17) is 0 Å². The molecule has 0 saturated carbocycles. The van der Waals surface area contributed by atoms with E-state index in [1.54, 1.807) is 18.0 Å². The van der Waals surface area contributed by atoms with Crippen molar-refractivity contribution < 1.29 is 14.4 Å². The molecule has 136 valence electrons. The van der Waals surface area contributed by atoms with E-state index in [1.807, 2.05) is 41.8 Å². The highest BCUT2D eigenvalue weighted by molar-refractivity contribution is 7.12. The Balaban J connectivity index is 1.50. The molecular formula is C20H22N2O3S. The summed E-state index contributed by atoms with van der Waals surface area (Å²) in [4.78, 5) is 41.1. The van der Waals surface area contributed by atoms with Crippen molar-refractivity contribution in [1.82, 2.24) is 9.80 Å². The molecule has 0 N–H and O–H groups in total. The lowest BCUT2D eigenvalue weighted by atomic mass is 9.89. The van der Waals surface area contributed by atoms with Crippen LogP contribution in [0.1, 0.15) is 32.9 Å². The van der Waals surface area contributed by atoms with Gasteiger partial charge in [0.2, 0.25) is 5.91 Å². The van der Waals surface area contributed by atoms with E-state index in [0.29, 0.717) is 30.8 Å². The predicted octanol–water partition coefficient (Wildman–Crippen LogP) is 2.94. The summed E-state index contributed by atoms with van der Waals surface area (Å²) in [5.41, 5.74) is 0.735. The highest BCUT2D eigenvalue weighted by atomic mass is 32.1. The van der Waals surface area contributed by atoms with Gasteiger partial charge in [-0.15, -0.1) is 11.3 Å². The molecule has 2 amide bonds. The molecule has 0 unspecified atom stereocenters. The second kappa shape index (κ2) is 8.27. The summed E-state index contributed by atoms with van der Waals surface area (Å²) in [7, 11) is 1.64. The molecule has 0 aliphatic carbocycles. The van der Waals surface area contributed by atoms with Crippen LogP contribution >= 0.6 is 11.3 Å². The molecule has 1 aromatic carbocycles. The van der Waals surface area contributed by atoms with Gasteiger partial charge in [0.25, 0.3) is 5.91 Å². The van der Waals surface area contributed by atoms with Crippen LogP contribution < -0.4 is 0 Å². The van der Waals surface area contributed by atoms with Crippen molar-refractivity contribution in [2.24, 2.45) is 5.92 Å². The van der Waals surface area contributed by atoms with Crippen molar-refractivity contribution in [1.29, 1.82) is 0 Å². The summed E-state index contributed by atoms with van der Waals surface area (Å²) in [5.74, 6) is -0.0832. The molecule has 2 aromatic rings. The predicted molar refractivity (Wildman–Crippen MR) is 101 cm³/mol. The standard InChI is InChI=1S/C20H22N2O3S/c1-21(20(25)17-8-5-13-26-17)14-18(23)22-11-9-16(10-12-22)19(24)15-6-3-2-4-7-15/h2-8,13,16H,9-12,14H2,1H3. The van der Waals surface area contributed by atoms with Crippen LogP contribution in [-0.2, 0) is 4.79 Å². The van der Waals surface area contributed by atoms with Crippen LogP contribution in [0.25, 0.3) is 0 Å². The Morgan fingerprint density at radius 2 is 1.77 bits per heavy atom. The number of nitrogens with zero attached hydrogens (tertiary/aromatic N) is 2. The number of piperidine rings is 1. The third-order valence-electron chi connectivity index (χ3n) is 4.73. The molecule has 0 radical (unpaired) electrons. The van der Waals surface area contributed by atoms with Gasteiger partial charge in [0.15, 0.2) is 5.78 Å². The molecule has 2 heterocycles. The normalized spacial score (nSPS) is 14.9. The van der Waals surface area contributed by atoms with Gasteiger partial charge in [0, 0.05) is 31.6 Å². The van der Waals surface area contributed by atoms with Crippen molar-refractivity contribution in [3.05, 3.63) is 58.3 Å². The van der Waals surface area contributed by atoms with Crippen molar-refractivity contribution in [3.8, 4) is 0 Å². The number of carbonyl (C=O) groups excluding carboxylic acids is 3. The molecule has 1 aliphatic rings. The van der Waals surface area contributed by atoms with Gasteiger partial charge in [-0.3, -0.25) is 14.4 Å². The van der Waals surface area contributed by atoms with E-state index in [2.05, 4.69) is 0 Å². The number of hydrogen-bond acceptors (Lipinski definition) is 4. The summed E-state index contributed by atoms with van der Waals surface area (Å²) in [6, 6.07) is 12.9. The SMILES string of the molecule is CN(CC(=O)N1CCC(C(=O)c2ccccc2)CC1)C(=O)c1cccs1. The largest absolute Gasteiger partial charge is 0.341 e. The maximum absolute atomic E-state index is 12.5. The van der Waals surface area contributed by atoms with Gasteiger partial charge < -0.3 is 9.80 Å². The second-order valence-electron chi connectivity index (χ2n) is 6.52. The summed E-state index contributed by atoms with van der Waals surface area (Å²) in [5, 5.41) is 1.84. The Morgan fingerprint density at radius 1 is 1.08 bits per heavy atom. The number of thiophene rings is 1. The number of rotatable bonds is 5. The number of likely N-dealkylation sites (tertiary alicyclic amines) is 1. The lowest BCUT2D eigenvalue weighted by molar-refractivity contribution is -0.132. The first-order chi connectivity index (χ1) is 12.6. The van der Waals surface area contributed by atoms with E-state index in [9.17, 15) is 14.4 Å². The molecule has 0 spiro atoms. The summed E-state index contributed by atoms with van der Waals surface area (Å²) in [6.07, 6.45) is 1.34. The number of Topliss-reactive ketones (excluding diaryl/α,β-unsaturated/α-hetero) is 1. The molecule has 1 saturated heterocycles. The van der Waals surface area contributed by atoms with Crippen LogP contribution in [0.5, 0.6) is 0 Å². The fourth-order valence-corrected chi connectivity index (χ4v) is 3.91. The van der Waals surface area contributed by atoms with Crippen LogP contribution in [0.4, 0.5) is 0 Å². The molecule has 1 aliphatic heterocycles. The molecule has 26 heavy (non-hydrogen) atoms. The van der Waals surface area contributed by atoms with Crippen LogP contribution in [0.2, 0.25) is 0 Å². The third kappa shape index (κ3) is 4.19. The Labute approximate surface area is 157 Å². The fourth-order valence-electron chi connectivity index (χ4n) is 3.19. The van der Waals surface area contributed by atoms with Crippen LogP contribution in [0.15, 0.2) is 47.8 Å². The summed E-state index contributed by atoms with van der Waals surface area (Å²) in [6.45, 7) is 1.18. The van der Waals surface area contributed by atoms with Gasteiger partial charge >= 0.3 is 0 Å². The van der Waals surface area contributed by atoms with E-state index < -0.39 is 0 Å².